The molecule has 6 nitrogen and oxygen atoms in total. The fourth-order valence-electron chi connectivity index (χ4n) is 4.45. The van der Waals surface area contributed by atoms with Crippen molar-refractivity contribution in [3.8, 4) is 11.5 Å². The number of benzene rings is 2. The van der Waals surface area contributed by atoms with Crippen molar-refractivity contribution in [1.82, 2.24) is 15.1 Å². The Morgan fingerprint density at radius 2 is 1.67 bits per heavy atom. The number of aromatic nitrogens is 2. The summed E-state index contributed by atoms with van der Waals surface area (Å²) in [6, 6.07) is 15.3. The number of hydrogen-bond donors (Lipinski definition) is 0. The second-order valence-corrected chi connectivity index (χ2v) is 7.47. The predicted molar refractivity (Wildman–Crippen MR) is 104 cm³/mol. The third kappa shape index (κ3) is 2.44. The zero-order valence-electron chi connectivity index (χ0n) is 15.0. The van der Waals surface area contributed by atoms with Gasteiger partial charge in [-0.1, -0.05) is 23.3 Å². The van der Waals surface area contributed by atoms with E-state index in [0.717, 1.165) is 40.6 Å². The second-order valence-electron chi connectivity index (χ2n) is 7.47. The van der Waals surface area contributed by atoms with Crippen LogP contribution in [0.4, 0.5) is 6.01 Å². The van der Waals surface area contributed by atoms with Crippen LogP contribution in [0.2, 0.25) is 0 Å². The highest BCUT2D eigenvalue weighted by atomic mass is 16.4. The molecule has 2 aromatic carbocycles. The van der Waals surface area contributed by atoms with E-state index in [2.05, 4.69) is 32.1 Å². The van der Waals surface area contributed by atoms with Crippen LogP contribution in [0.25, 0.3) is 33.4 Å². The third-order valence-corrected chi connectivity index (χ3v) is 5.94. The Hall–Kier alpha value is -2.86. The van der Waals surface area contributed by atoms with Gasteiger partial charge < -0.3 is 18.6 Å². The first-order chi connectivity index (χ1) is 13.3. The van der Waals surface area contributed by atoms with Crippen molar-refractivity contribution in [2.24, 2.45) is 0 Å². The van der Waals surface area contributed by atoms with E-state index in [1.165, 1.54) is 25.9 Å². The van der Waals surface area contributed by atoms with Crippen LogP contribution in [0.1, 0.15) is 12.8 Å². The van der Waals surface area contributed by atoms with Gasteiger partial charge in [-0.2, -0.15) is 0 Å². The van der Waals surface area contributed by atoms with Crippen molar-refractivity contribution in [1.29, 1.82) is 0 Å². The maximum Gasteiger partial charge on any atom is 0.318 e. The Morgan fingerprint density at radius 3 is 2.59 bits per heavy atom. The number of rotatable bonds is 2. The van der Waals surface area contributed by atoms with E-state index in [4.69, 9.17) is 8.83 Å². The molecule has 2 aromatic heterocycles. The first kappa shape index (κ1) is 15.2. The predicted octanol–water partition coefficient (Wildman–Crippen LogP) is 3.92. The molecule has 0 saturated carbocycles. The third-order valence-electron chi connectivity index (χ3n) is 5.94. The molecular formula is C21H20N4O2. The van der Waals surface area contributed by atoms with Gasteiger partial charge in [0.1, 0.15) is 11.2 Å². The number of piperidine rings is 1. The lowest BCUT2D eigenvalue weighted by Gasteiger charge is -2.29. The highest BCUT2D eigenvalue weighted by Gasteiger charge is 2.31. The summed E-state index contributed by atoms with van der Waals surface area (Å²) in [5.74, 6) is 0.548. The minimum atomic E-state index is 0.509. The average Bonchev–Trinajstić information content (AvgIpc) is 3.23. The average molecular weight is 360 g/mol. The Labute approximate surface area is 156 Å². The number of nitrogens with zero attached hydrogens (tertiary/aromatic N) is 4. The van der Waals surface area contributed by atoms with Gasteiger partial charge in [-0.15, -0.1) is 5.10 Å². The van der Waals surface area contributed by atoms with Crippen LogP contribution in [0, 0.1) is 0 Å². The molecule has 0 aliphatic carbocycles. The van der Waals surface area contributed by atoms with E-state index in [1.807, 2.05) is 30.3 Å². The minimum absolute atomic E-state index is 0.509. The molecule has 3 aliphatic heterocycles. The van der Waals surface area contributed by atoms with E-state index < -0.39 is 0 Å². The van der Waals surface area contributed by atoms with Crippen molar-refractivity contribution in [3.05, 3.63) is 42.5 Å². The number of hydrogen-bond acceptors (Lipinski definition) is 6. The van der Waals surface area contributed by atoms with Gasteiger partial charge in [0.15, 0.2) is 0 Å². The van der Waals surface area contributed by atoms with Gasteiger partial charge in [-0.3, -0.25) is 0 Å². The topological polar surface area (TPSA) is 58.5 Å². The molecule has 5 heterocycles. The van der Waals surface area contributed by atoms with E-state index in [1.54, 1.807) is 0 Å². The Morgan fingerprint density at radius 1 is 0.815 bits per heavy atom. The van der Waals surface area contributed by atoms with Crippen LogP contribution in [0.15, 0.2) is 51.3 Å². The monoisotopic (exact) mass is 360 g/mol. The van der Waals surface area contributed by atoms with Crippen LogP contribution < -0.4 is 4.90 Å². The van der Waals surface area contributed by atoms with Crippen LogP contribution >= 0.6 is 0 Å². The molecule has 7 rings (SSSR count). The maximum absolute atomic E-state index is 6.08. The van der Waals surface area contributed by atoms with E-state index in [9.17, 15) is 0 Å². The maximum atomic E-state index is 6.08. The Bertz CT molecular complexity index is 1120. The highest BCUT2D eigenvalue weighted by Crippen LogP contribution is 2.33. The summed E-state index contributed by atoms with van der Waals surface area (Å²) in [5.41, 5.74) is 2.63. The molecule has 0 atom stereocenters. The number of fused-ring (bicyclic) bond motifs is 7. The van der Waals surface area contributed by atoms with Crippen molar-refractivity contribution in [2.45, 2.75) is 18.9 Å². The number of furan rings is 1. The van der Waals surface area contributed by atoms with Crippen LogP contribution in [0.3, 0.4) is 0 Å². The van der Waals surface area contributed by atoms with Gasteiger partial charge >= 0.3 is 6.01 Å². The first-order valence-electron chi connectivity index (χ1n) is 9.59. The molecule has 6 heteroatoms. The summed E-state index contributed by atoms with van der Waals surface area (Å²) in [5, 5.41) is 10.9. The normalized spacial score (nSPS) is 22.6. The molecule has 0 spiro atoms. The lowest BCUT2D eigenvalue weighted by Crippen LogP contribution is -2.38. The SMILES string of the molecule is c1ccc2c(c1)oc1cc(-c3nnc(N4CCN5CCC4CC5)o3)ccc12. The number of anilines is 1. The molecular weight excluding hydrogens is 340 g/mol. The summed E-state index contributed by atoms with van der Waals surface area (Å²) >= 11 is 0. The minimum Gasteiger partial charge on any atom is -0.456 e. The highest BCUT2D eigenvalue weighted by molar-refractivity contribution is 6.05. The summed E-state index contributed by atoms with van der Waals surface area (Å²) < 4.78 is 12.1. The molecule has 3 fully saturated rings. The van der Waals surface area contributed by atoms with E-state index >= 15 is 0 Å². The Balaban J connectivity index is 1.37. The quantitative estimate of drug-likeness (QED) is 0.540. The summed E-state index contributed by atoms with van der Waals surface area (Å²) in [6.45, 7) is 4.36. The first-order valence-corrected chi connectivity index (χ1v) is 9.59. The van der Waals surface area contributed by atoms with Gasteiger partial charge in [-0.05, 0) is 37.1 Å². The molecule has 0 N–H and O–H groups in total. The van der Waals surface area contributed by atoms with Crippen LogP contribution in [-0.4, -0.2) is 47.3 Å². The van der Waals surface area contributed by atoms with Gasteiger partial charge in [0.25, 0.3) is 0 Å². The molecule has 0 radical (unpaired) electrons. The smallest absolute Gasteiger partial charge is 0.318 e. The van der Waals surface area contributed by atoms with Gasteiger partial charge in [-0.25, -0.2) is 0 Å². The molecule has 2 bridgehead atoms. The standard InChI is InChI=1S/C21H20N4O2/c1-2-4-18-16(3-1)17-6-5-14(13-19(17)26-18)20-22-23-21(27-20)25-12-11-24-9-7-15(25)8-10-24/h1-6,13,15H,7-12H2. The lowest BCUT2D eigenvalue weighted by atomic mass is 10.1. The van der Waals surface area contributed by atoms with E-state index in [-0.39, 0.29) is 0 Å². The molecule has 136 valence electrons. The van der Waals surface area contributed by atoms with Crippen molar-refractivity contribution in [2.75, 3.05) is 31.1 Å². The summed E-state index contributed by atoms with van der Waals surface area (Å²) in [7, 11) is 0. The molecule has 3 saturated heterocycles. The fourth-order valence-corrected chi connectivity index (χ4v) is 4.45. The summed E-state index contributed by atoms with van der Waals surface area (Å²) in [4.78, 5) is 4.81. The van der Waals surface area contributed by atoms with Gasteiger partial charge in [0.05, 0.1) is 0 Å². The summed E-state index contributed by atoms with van der Waals surface area (Å²) in [6.07, 6.45) is 2.34. The molecule has 27 heavy (non-hydrogen) atoms. The number of para-hydroxylation sites is 1. The van der Waals surface area contributed by atoms with E-state index in [0.29, 0.717) is 17.9 Å². The zero-order chi connectivity index (χ0) is 17.8. The van der Waals surface area contributed by atoms with Crippen LogP contribution in [0.5, 0.6) is 0 Å². The zero-order valence-corrected chi connectivity index (χ0v) is 15.0. The van der Waals surface area contributed by atoms with Gasteiger partial charge in [0, 0.05) is 48.6 Å². The molecule has 0 amide bonds. The lowest BCUT2D eigenvalue weighted by molar-refractivity contribution is 0.249. The molecule has 0 unspecified atom stereocenters. The largest absolute Gasteiger partial charge is 0.456 e. The Kier molecular flexibility index (Phi) is 3.28. The van der Waals surface area contributed by atoms with Crippen molar-refractivity contribution < 1.29 is 8.83 Å². The fraction of sp³-hybridized carbons (Fsp3) is 0.333. The molecule has 4 aromatic rings. The molecule has 3 aliphatic rings. The van der Waals surface area contributed by atoms with Gasteiger partial charge in [0.2, 0.25) is 5.89 Å². The van der Waals surface area contributed by atoms with Crippen molar-refractivity contribution in [3.63, 3.8) is 0 Å². The van der Waals surface area contributed by atoms with Crippen LogP contribution in [-0.2, 0) is 0 Å². The van der Waals surface area contributed by atoms with Crippen molar-refractivity contribution >= 4 is 28.0 Å². The second kappa shape index (κ2) is 5.82.